The number of rotatable bonds is 2. The molecule has 0 N–H and O–H groups in total. The van der Waals surface area contributed by atoms with E-state index in [1.807, 2.05) is 24.3 Å². The molecule has 1 aromatic carbocycles. The summed E-state index contributed by atoms with van der Waals surface area (Å²) in [6.45, 7) is 1.07. The van der Waals surface area contributed by atoms with Crippen LogP contribution in [0.5, 0.6) is 0 Å². The van der Waals surface area contributed by atoms with E-state index in [2.05, 4.69) is 14.9 Å². The number of para-hydroxylation sites is 1. The highest BCUT2D eigenvalue weighted by Gasteiger charge is 2.53. The highest BCUT2D eigenvalue weighted by molar-refractivity contribution is 7.22. The van der Waals surface area contributed by atoms with Gasteiger partial charge in [-0.25, -0.2) is 9.88 Å². The minimum atomic E-state index is -0.294. The second kappa shape index (κ2) is 5.35. The fourth-order valence-electron chi connectivity index (χ4n) is 3.64. The third kappa shape index (κ3) is 2.16. The maximum absolute atomic E-state index is 12.8. The highest BCUT2D eigenvalue weighted by atomic mass is 32.1. The molecule has 7 heteroatoms. The molecule has 2 amide bonds. The van der Waals surface area contributed by atoms with Crippen molar-refractivity contribution in [3.63, 3.8) is 0 Å². The largest absolute Gasteiger partial charge is 0.346 e. The van der Waals surface area contributed by atoms with E-state index in [9.17, 15) is 9.59 Å². The van der Waals surface area contributed by atoms with Crippen LogP contribution in [0.1, 0.15) is 0 Å². The molecule has 2 fully saturated rings. The third-order valence-corrected chi connectivity index (χ3v) is 5.96. The van der Waals surface area contributed by atoms with Crippen LogP contribution in [0.2, 0.25) is 0 Å². The second-order valence-electron chi connectivity index (χ2n) is 6.31. The summed E-state index contributed by atoms with van der Waals surface area (Å²) < 4.78 is 1.06. The van der Waals surface area contributed by atoms with Gasteiger partial charge in [0.1, 0.15) is 5.52 Å². The zero-order valence-corrected chi connectivity index (χ0v) is 14.0. The first-order valence-electron chi connectivity index (χ1n) is 8.11. The van der Waals surface area contributed by atoms with E-state index >= 15 is 0 Å². The summed E-state index contributed by atoms with van der Waals surface area (Å²) in [6, 6.07) is 11.1. The Morgan fingerprint density at radius 2 is 1.72 bits per heavy atom. The lowest BCUT2D eigenvalue weighted by atomic mass is 10.00. The molecule has 4 heterocycles. The van der Waals surface area contributed by atoms with Gasteiger partial charge in [-0.3, -0.25) is 14.6 Å². The van der Waals surface area contributed by atoms with Crippen LogP contribution in [0.15, 0.2) is 48.8 Å². The lowest BCUT2D eigenvalue weighted by molar-refractivity contribution is -0.122. The predicted molar refractivity (Wildman–Crippen MR) is 95.5 cm³/mol. The first kappa shape index (κ1) is 14.5. The molecule has 2 saturated heterocycles. The fraction of sp³-hybridized carbons (Fsp3) is 0.222. The summed E-state index contributed by atoms with van der Waals surface area (Å²) in [6.07, 6.45) is 3.48. The first-order chi connectivity index (χ1) is 12.2. The Labute approximate surface area is 147 Å². The molecule has 2 aliphatic rings. The Morgan fingerprint density at radius 1 is 1.00 bits per heavy atom. The molecule has 5 rings (SSSR count). The molecular formula is C18H14N4O2S. The van der Waals surface area contributed by atoms with Crippen molar-refractivity contribution in [3.8, 4) is 0 Å². The van der Waals surface area contributed by atoms with Crippen molar-refractivity contribution in [2.24, 2.45) is 11.8 Å². The molecule has 0 bridgehead atoms. The van der Waals surface area contributed by atoms with Gasteiger partial charge in [0.05, 0.1) is 28.4 Å². The van der Waals surface area contributed by atoms with Gasteiger partial charge in [-0.2, -0.15) is 0 Å². The van der Waals surface area contributed by atoms with Crippen LogP contribution in [0.25, 0.3) is 10.2 Å². The molecule has 0 spiro atoms. The monoisotopic (exact) mass is 350 g/mol. The molecule has 2 unspecified atom stereocenters. The maximum atomic E-state index is 12.8. The zero-order chi connectivity index (χ0) is 17.0. The van der Waals surface area contributed by atoms with Crippen molar-refractivity contribution < 1.29 is 9.59 Å². The molecule has 2 atom stereocenters. The number of carbonyl (C=O) groups is 2. The smallest absolute Gasteiger partial charge is 0.239 e. The van der Waals surface area contributed by atoms with Crippen molar-refractivity contribution in [2.45, 2.75) is 0 Å². The van der Waals surface area contributed by atoms with Gasteiger partial charge < -0.3 is 4.90 Å². The quantitative estimate of drug-likeness (QED) is 0.664. The minimum Gasteiger partial charge on any atom is -0.346 e. The third-order valence-electron chi connectivity index (χ3n) is 4.86. The summed E-state index contributed by atoms with van der Waals surface area (Å²) in [5.41, 5.74) is 1.51. The Balaban J connectivity index is 1.43. The summed E-state index contributed by atoms with van der Waals surface area (Å²) in [4.78, 5) is 37.7. The van der Waals surface area contributed by atoms with Crippen molar-refractivity contribution in [1.82, 2.24) is 9.97 Å². The van der Waals surface area contributed by atoms with E-state index in [1.54, 1.807) is 35.9 Å². The van der Waals surface area contributed by atoms with Crippen LogP contribution in [-0.2, 0) is 9.59 Å². The Kier molecular flexibility index (Phi) is 3.11. The number of imide groups is 1. The summed E-state index contributed by atoms with van der Waals surface area (Å²) in [7, 11) is 0. The van der Waals surface area contributed by atoms with E-state index in [0.717, 1.165) is 15.3 Å². The number of nitrogens with zero attached hydrogens (tertiary/aromatic N) is 4. The molecule has 0 aliphatic carbocycles. The van der Waals surface area contributed by atoms with Gasteiger partial charge >= 0.3 is 0 Å². The zero-order valence-electron chi connectivity index (χ0n) is 13.2. The van der Waals surface area contributed by atoms with Gasteiger partial charge in [-0.15, -0.1) is 0 Å². The molecule has 0 radical (unpaired) electrons. The van der Waals surface area contributed by atoms with Crippen molar-refractivity contribution in [1.29, 1.82) is 0 Å². The van der Waals surface area contributed by atoms with Crippen molar-refractivity contribution >= 4 is 44.2 Å². The van der Waals surface area contributed by atoms with Crippen LogP contribution in [0, 0.1) is 11.8 Å². The molecule has 2 aromatic heterocycles. The standard InChI is InChI=1S/C18H14N4O2S/c23-16-12-9-21(18-20-14-8-19-7-6-15(14)25-18)10-13(12)17(24)22(16)11-4-2-1-3-5-11/h1-8,12-13H,9-10H2. The van der Waals surface area contributed by atoms with Crippen molar-refractivity contribution in [2.75, 3.05) is 22.9 Å². The SMILES string of the molecule is O=C1C2CN(c3nc4cnccc4s3)CC2C(=O)N1c1ccccc1. The lowest BCUT2D eigenvalue weighted by Crippen LogP contribution is -2.36. The normalized spacial score (nSPS) is 22.9. The van der Waals surface area contributed by atoms with Crippen LogP contribution in [-0.4, -0.2) is 34.9 Å². The number of amides is 2. The van der Waals surface area contributed by atoms with Crippen LogP contribution in [0.3, 0.4) is 0 Å². The molecular weight excluding hydrogens is 336 g/mol. The number of pyridine rings is 1. The van der Waals surface area contributed by atoms with Gasteiger partial charge in [-0.1, -0.05) is 29.5 Å². The molecule has 6 nitrogen and oxygen atoms in total. The number of benzene rings is 1. The van der Waals surface area contributed by atoms with Crippen LogP contribution in [0.4, 0.5) is 10.8 Å². The fourth-order valence-corrected chi connectivity index (χ4v) is 4.59. The Bertz CT molecular complexity index is 930. The number of hydrogen-bond donors (Lipinski definition) is 0. The summed E-state index contributed by atoms with van der Waals surface area (Å²) in [5.74, 6) is -0.798. The van der Waals surface area contributed by atoms with E-state index in [0.29, 0.717) is 18.8 Å². The number of anilines is 2. The lowest BCUT2D eigenvalue weighted by Gasteiger charge is -2.20. The first-order valence-corrected chi connectivity index (χ1v) is 8.92. The topological polar surface area (TPSA) is 66.4 Å². The number of aromatic nitrogens is 2. The van der Waals surface area contributed by atoms with E-state index in [4.69, 9.17) is 0 Å². The number of carbonyl (C=O) groups excluding carboxylic acids is 2. The van der Waals surface area contributed by atoms with E-state index < -0.39 is 0 Å². The van der Waals surface area contributed by atoms with Gasteiger partial charge in [0.15, 0.2) is 5.13 Å². The number of hydrogen-bond acceptors (Lipinski definition) is 6. The van der Waals surface area contributed by atoms with Crippen molar-refractivity contribution in [3.05, 3.63) is 48.8 Å². The number of thiazole rings is 1. The molecule has 0 saturated carbocycles. The van der Waals surface area contributed by atoms with Crippen LogP contribution < -0.4 is 9.80 Å². The minimum absolute atomic E-state index is 0.105. The van der Waals surface area contributed by atoms with Gasteiger partial charge in [-0.05, 0) is 18.2 Å². The van der Waals surface area contributed by atoms with Gasteiger partial charge in [0.2, 0.25) is 11.8 Å². The van der Waals surface area contributed by atoms with Gasteiger partial charge in [0.25, 0.3) is 0 Å². The molecule has 124 valence electrons. The van der Waals surface area contributed by atoms with E-state index in [1.165, 1.54) is 4.90 Å². The summed E-state index contributed by atoms with van der Waals surface area (Å²) in [5, 5.41) is 0.851. The molecule has 3 aromatic rings. The van der Waals surface area contributed by atoms with Crippen LogP contribution >= 0.6 is 11.3 Å². The van der Waals surface area contributed by atoms with Gasteiger partial charge in [0, 0.05) is 19.3 Å². The predicted octanol–water partition coefficient (Wildman–Crippen LogP) is 2.32. The average Bonchev–Trinajstić information content (AvgIpc) is 3.31. The second-order valence-corrected chi connectivity index (χ2v) is 7.31. The molecule has 2 aliphatic heterocycles. The molecule has 25 heavy (non-hydrogen) atoms. The van der Waals surface area contributed by atoms with E-state index in [-0.39, 0.29) is 23.7 Å². The maximum Gasteiger partial charge on any atom is 0.239 e. The Hall–Kier alpha value is -2.80. The highest BCUT2D eigenvalue weighted by Crippen LogP contribution is 2.39. The average molecular weight is 350 g/mol. The Morgan fingerprint density at radius 3 is 2.40 bits per heavy atom. The summed E-state index contributed by atoms with van der Waals surface area (Å²) >= 11 is 1.57. The number of fused-ring (bicyclic) bond motifs is 2.